The van der Waals surface area contributed by atoms with Gasteiger partial charge in [0.15, 0.2) is 6.10 Å². The number of amides is 1. The largest absolute Gasteiger partial charge is 0.465 e. The van der Waals surface area contributed by atoms with Crippen molar-refractivity contribution in [3.05, 3.63) is 71.8 Å². The number of ether oxygens (including phenoxy) is 2. The third-order valence-electron chi connectivity index (χ3n) is 10.4. The fraction of sp³-hybridized carbons (Fsp3) is 0.531. The quantitative estimate of drug-likeness (QED) is 0.454. The van der Waals surface area contributed by atoms with Crippen LogP contribution in [-0.2, 0) is 19.1 Å². The molecule has 0 bridgehead atoms. The highest BCUT2D eigenvalue weighted by molar-refractivity contribution is 5.95. The first-order valence-corrected chi connectivity index (χ1v) is 14.1. The molecule has 2 aromatic carbocycles. The molecule has 2 aromatic rings. The predicted molar refractivity (Wildman–Crippen MR) is 145 cm³/mol. The fourth-order valence-corrected chi connectivity index (χ4v) is 8.51. The number of fused-ring (bicyclic) bond motifs is 1. The zero-order valence-electron chi connectivity index (χ0n) is 23.1. The monoisotopic (exact) mass is 547 g/mol. The van der Waals surface area contributed by atoms with Gasteiger partial charge in [0.2, 0.25) is 0 Å². The molecule has 4 aliphatic rings. The molecule has 0 radical (unpaired) electrons. The van der Waals surface area contributed by atoms with E-state index in [-0.39, 0.29) is 42.4 Å². The highest BCUT2D eigenvalue weighted by Gasteiger charge is 2.90. The van der Waals surface area contributed by atoms with Gasteiger partial charge in [-0.25, -0.2) is 4.79 Å². The lowest BCUT2D eigenvalue weighted by molar-refractivity contribution is -0.173. The Morgan fingerprint density at radius 3 is 2.38 bits per heavy atom. The van der Waals surface area contributed by atoms with Crippen molar-refractivity contribution < 1.29 is 34.1 Å². The molecule has 3 aliphatic carbocycles. The Hall–Kier alpha value is -3.23. The Morgan fingerprint density at radius 1 is 1.05 bits per heavy atom. The van der Waals surface area contributed by atoms with Crippen molar-refractivity contribution >= 4 is 17.8 Å². The van der Waals surface area contributed by atoms with Gasteiger partial charge >= 0.3 is 11.9 Å². The minimum Gasteiger partial charge on any atom is -0.465 e. The van der Waals surface area contributed by atoms with E-state index in [0.29, 0.717) is 17.5 Å². The van der Waals surface area contributed by atoms with E-state index < -0.39 is 40.5 Å². The average Bonchev–Trinajstić information content (AvgIpc) is 3.42. The number of cyclic esters (lactones) is 1. The summed E-state index contributed by atoms with van der Waals surface area (Å²) in [6.07, 6.45) is 0.471. The summed E-state index contributed by atoms with van der Waals surface area (Å²) in [5.74, 6) is -1.89. The predicted octanol–water partition coefficient (Wildman–Crippen LogP) is 3.43. The lowest BCUT2D eigenvalue weighted by Crippen LogP contribution is -2.57. The van der Waals surface area contributed by atoms with Crippen LogP contribution in [0.25, 0.3) is 0 Å². The number of hydrogen-bond acceptors (Lipinski definition) is 7. The zero-order chi connectivity index (χ0) is 28.5. The van der Waals surface area contributed by atoms with Crippen molar-refractivity contribution in [2.24, 2.45) is 34.0 Å². The van der Waals surface area contributed by atoms with Crippen molar-refractivity contribution in [3.8, 4) is 0 Å². The minimum absolute atomic E-state index is 0.00967. The van der Waals surface area contributed by atoms with Crippen molar-refractivity contribution in [2.75, 3.05) is 13.2 Å². The Balaban J connectivity index is 1.23. The maximum absolute atomic E-state index is 13.4. The molecule has 1 saturated heterocycles. The van der Waals surface area contributed by atoms with Crippen LogP contribution in [-0.4, -0.2) is 53.0 Å². The highest BCUT2D eigenvalue weighted by Crippen LogP contribution is 2.83. The maximum atomic E-state index is 13.4. The van der Waals surface area contributed by atoms with Crippen LogP contribution in [0.4, 0.5) is 0 Å². The zero-order valence-corrected chi connectivity index (χ0v) is 23.1. The van der Waals surface area contributed by atoms with Gasteiger partial charge < -0.3 is 25.0 Å². The van der Waals surface area contributed by atoms with Crippen LogP contribution < -0.4 is 5.32 Å². The molecule has 212 valence electrons. The van der Waals surface area contributed by atoms with Gasteiger partial charge in [0.25, 0.3) is 5.91 Å². The molecule has 40 heavy (non-hydrogen) atoms. The number of aliphatic hydroxyl groups is 2. The van der Waals surface area contributed by atoms with Gasteiger partial charge in [-0.05, 0) is 61.1 Å². The van der Waals surface area contributed by atoms with Gasteiger partial charge in [-0.3, -0.25) is 9.59 Å². The number of carbonyl (C=O) groups is 3. The number of esters is 2. The molecule has 0 unspecified atom stereocenters. The number of carbonyl (C=O) groups excluding carboxylic acids is 3. The Kier molecular flexibility index (Phi) is 6.16. The van der Waals surface area contributed by atoms with E-state index in [9.17, 15) is 24.6 Å². The summed E-state index contributed by atoms with van der Waals surface area (Å²) in [6, 6.07) is 16.4. The number of aliphatic hydroxyl groups excluding tert-OH is 1. The molecule has 6 rings (SSSR count). The summed E-state index contributed by atoms with van der Waals surface area (Å²) in [5.41, 5.74) is -1.81. The molecule has 4 fully saturated rings. The maximum Gasteiger partial charge on any atom is 0.337 e. The van der Waals surface area contributed by atoms with Gasteiger partial charge in [0, 0.05) is 16.9 Å². The van der Waals surface area contributed by atoms with E-state index in [1.807, 2.05) is 6.07 Å². The summed E-state index contributed by atoms with van der Waals surface area (Å²) >= 11 is 0. The molecule has 0 aromatic heterocycles. The molecule has 3 N–H and O–H groups in total. The molecule has 8 nitrogen and oxygen atoms in total. The van der Waals surface area contributed by atoms with Crippen LogP contribution in [0.5, 0.6) is 0 Å². The second-order valence-electron chi connectivity index (χ2n) is 13.2. The minimum atomic E-state index is -1.65. The summed E-state index contributed by atoms with van der Waals surface area (Å²) in [5, 5.41) is 25.8. The lowest BCUT2D eigenvalue weighted by atomic mass is 9.57. The van der Waals surface area contributed by atoms with Gasteiger partial charge in [-0.1, -0.05) is 62.4 Å². The second kappa shape index (κ2) is 9.14. The summed E-state index contributed by atoms with van der Waals surface area (Å²) in [6.45, 7) is 6.34. The standard InChI is InChI=1S/C32H37NO7/c1-29(2)14-21-22(15-29)30(3,38)32-17-31(32,18-40-28(32)37)23(21)16-39-27(36)25(34)24(19-10-6-4-7-11-19)33-26(35)20-12-8-5-9-13-20/h4-13,21-25,34,38H,14-18H2,1-3H3,(H,33,35)/t21-,22+,23-,24+,25-,30-,31-,32+/m1/s1. The third kappa shape index (κ3) is 3.83. The van der Waals surface area contributed by atoms with Crippen LogP contribution in [0.2, 0.25) is 0 Å². The number of benzene rings is 2. The number of rotatable bonds is 7. The van der Waals surface area contributed by atoms with E-state index in [0.717, 1.165) is 12.8 Å². The van der Waals surface area contributed by atoms with E-state index in [4.69, 9.17) is 9.47 Å². The lowest BCUT2D eigenvalue weighted by Gasteiger charge is -2.48. The van der Waals surface area contributed by atoms with Gasteiger partial charge in [0.1, 0.15) is 5.41 Å². The molecule has 1 amide bonds. The first kappa shape index (κ1) is 27.0. The summed E-state index contributed by atoms with van der Waals surface area (Å²) in [7, 11) is 0. The van der Waals surface area contributed by atoms with Crippen molar-refractivity contribution in [1.29, 1.82) is 0 Å². The Morgan fingerprint density at radius 2 is 1.70 bits per heavy atom. The van der Waals surface area contributed by atoms with Crippen molar-refractivity contribution in [1.82, 2.24) is 5.32 Å². The first-order valence-electron chi connectivity index (χ1n) is 14.1. The Labute approximate surface area is 234 Å². The highest BCUT2D eigenvalue weighted by atomic mass is 16.6. The number of hydrogen-bond donors (Lipinski definition) is 3. The Bertz CT molecular complexity index is 1330. The number of nitrogens with one attached hydrogen (secondary N) is 1. The van der Waals surface area contributed by atoms with Gasteiger partial charge in [-0.15, -0.1) is 0 Å². The molecule has 0 spiro atoms. The molecule has 8 atom stereocenters. The van der Waals surface area contributed by atoms with Crippen LogP contribution in [0.3, 0.4) is 0 Å². The summed E-state index contributed by atoms with van der Waals surface area (Å²) < 4.78 is 11.3. The fourth-order valence-electron chi connectivity index (χ4n) is 8.51. The van der Waals surface area contributed by atoms with E-state index in [1.165, 1.54) is 0 Å². The average molecular weight is 548 g/mol. The normalized spacial score (nSPS) is 36.3. The molecule has 1 aliphatic heterocycles. The third-order valence-corrected chi connectivity index (χ3v) is 10.4. The van der Waals surface area contributed by atoms with Crippen molar-refractivity contribution in [2.45, 2.75) is 57.8 Å². The van der Waals surface area contributed by atoms with E-state index >= 15 is 0 Å². The molecule has 8 heteroatoms. The van der Waals surface area contributed by atoms with Crippen LogP contribution in [0.1, 0.15) is 62.0 Å². The summed E-state index contributed by atoms with van der Waals surface area (Å²) in [4.78, 5) is 39.4. The van der Waals surface area contributed by atoms with Crippen LogP contribution in [0, 0.1) is 34.0 Å². The smallest absolute Gasteiger partial charge is 0.337 e. The molecular weight excluding hydrogens is 510 g/mol. The van der Waals surface area contributed by atoms with Gasteiger partial charge in [0.05, 0.1) is 24.9 Å². The van der Waals surface area contributed by atoms with Gasteiger partial charge in [-0.2, -0.15) is 0 Å². The SMILES string of the molecule is CC1(C)C[C@H]2[C@@H](COC(=O)[C@H](O)[C@@H](NC(=O)c3ccccc3)c3ccccc3)[C@@]34COC(=O)[C@@]3(C4)[C@](C)(O)[C@H]2C1. The topological polar surface area (TPSA) is 122 Å². The van der Waals surface area contributed by atoms with E-state index in [1.54, 1.807) is 61.5 Å². The van der Waals surface area contributed by atoms with Crippen molar-refractivity contribution in [3.63, 3.8) is 0 Å². The molecular formula is C32H37NO7. The second-order valence-corrected chi connectivity index (χ2v) is 13.2. The molecule has 1 heterocycles. The first-order chi connectivity index (χ1) is 18.9. The van der Waals surface area contributed by atoms with Crippen LogP contribution >= 0.6 is 0 Å². The van der Waals surface area contributed by atoms with E-state index in [2.05, 4.69) is 19.2 Å². The van der Waals surface area contributed by atoms with Crippen LogP contribution in [0.15, 0.2) is 60.7 Å². The molecule has 3 saturated carbocycles.